The second-order valence-electron chi connectivity index (χ2n) is 7.64. The Bertz CT molecular complexity index is 348. The van der Waals surface area contributed by atoms with Gasteiger partial charge in [0.2, 0.25) is 5.91 Å². The molecule has 2 heterocycles. The van der Waals surface area contributed by atoms with Gasteiger partial charge in [0.25, 0.3) is 0 Å². The minimum absolute atomic E-state index is 0.383. The van der Waals surface area contributed by atoms with Crippen molar-refractivity contribution in [2.45, 2.75) is 77.2 Å². The van der Waals surface area contributed by atoms with Crippen molar-refractivity contribution in [2.24, 2.45) is 11.7 Å². The standard InChI is InChI=1S/C19H37N3O/c1-17-9-5-7-13-21(17)15-18-10-8-14-22(16-18)19(23)11-4-2-3-6-12-20/h17-18H,2-16,20H2,1H3. The summed E-state index contributed by atoms with van der Waals surface area (Å²) in [6.07, 6.45) is 11.7. The Morgan fingerprint density at radius 3 is 2.65 bits per heavy atom. The number of likely N-dealkylation sites (tertiary alicyclic amines) is 2. The first-order valence-corrected chi connectivity index (χ1v) is 9.92. The molecule has 2 fully saturated rings. The quantitative estimate of drug-likeness (QED) is 0.699. The van der Waals surface area contributed by atoms with Crippen molar-refractivity contribution in [2.75, 3.05) is 32.7 Å². The van der Waals surface area contributed by atoms with E-state index in [1.54, 1.807) is 0 Å². The summed E-state index contributed by atoms with van der Waals surface area (Å²) in [5, 5.41) is 0. The van der Waals surface area contributed by atoms with Gasteiger partial charge in [-0.2, -0.15) is 0 Å². The fraction of sp³-hybridized carbons (Fsp3) is 0.947. The fourth-order valence-corrected chi connectivity index (χ4v) is 4.13. The van der Waals surface area contributed by atoms with Crippen LogP contribution in [0, 0.1) is 5.92 Å². The number of carbonyl (C=O) groups is 1. The molecule has 1 amide bonds. The first-order valence-electron chi connectivity index (χ1n) is 9.92. The smallest absolute Gasteiger partial charge is 0.222 e. The number of carbonyl (C=O) groups excluding carboxylic acids is 1. The zero-order valence-electron chi connectivity index (χ0n) is 15.1. The molecule has 0 aliphatic carbocycles. The van der Waals surface area contributed by atoms with Crippen LogP contribution in [0.25, 0.3) is 0 Å². The number of hydrogen-bond acceptors (Lipinski definition) is 3. The first-order chi connectivity index (χ1) is 11.2. The highest BCUT2D eigenvalue weighted by molar-refractivity contribution is 5.76. The van der Waals surface area contributed by atoms with Gasteiger partial charge in [-0.15, -0.1) is 0 Å². The lowest BCUT2D eigenvalue weighted by molar-refractivity contribution is -0.133. The Morgan fingerprint density at radius 1 is 1.04 bits per heavy atom. The number of piperidine rings is 2. The minimum atomic E-state index is 0.383. The molecular weight excluding hydrogens is 286 g/mol. The molecule has 0 aromatic rings. The number of hydrogen-bond donors (Lipinski definition) is 1. The summed E-state index contributed by atoms with van der Waals surface area (Å²) in [4.78, 5) is 17.2. The van der Waals surface area contributed by atoms with E-state index in [1.807, 2.05) is 0 Å². The summed E-state index contributed by atoms with van der Waals surface area (Å²) >= 11 is 0. The van der Waals surface area contributed by atoms with Crippen LogP contribution in [0.5, 0.6) is 0 Å². The van der Waals surface area contributed by atoms with E-state index in [9.17, 15) is 4.79 Å². The maximum Gasteiger partial charge on any atom is 0.222 e. The monoisotopic (exact) mass is 323 g/mol. The van der Waals surface area contributed by atoms with Gasteiger partial charge in [0.1, 0.15) is 0 Å². The highest BCUT2D eigenvalue weighted by atomic mass is 16.2. The molecule has 4 nitrogen and oxygen atoms in total. The van der Waals surface area contributed by atoms with Crippen molar-refractivity contribution in [3.63, 3.8) is 0 Å². The van der Waals surface area contributed by atoms with Crippen molar-refractivity contribution in [1.82, 2.24) is 9.80 Å². The van der Waals surface area contributed by atoms with Crippen LogP contribution in [0.15, 0.2) is 0 Å². The highest BCUT2D eigenvalue weighted by Gasteiger charge is 2.27. The van der Waals surface area contributed by atoms with Crippen LogP contribution < -0.4 is 5.73 Å². The molecule has 2 atom stereocenters. The van der Waals surface area contributed by atoms with E-state index in [2.05, 4.69) is 16.7 Å². The molecule has 0 aromatic carbocycles. The van der Waals surface area contributed by atoms with Gasteiger partial charge in [-0.05, 0) is 64.5 Å². The zero-order valence-corrected chi connectivity index (χ0v) is 15.1. The molecule has 0 aromatic heterocycles. The van der Waals surface area contributed by atoms with Gasteiger partial charge in [0, 0.05) is 32.1 Å². The SMILES string of the molecule is CC1CCCCN1CC1CCCN(C(=O)CCCCCCN)C1. The van der Waals surface area contributed by atoms with Crippen LogP contribution in [-0.2, 0) is 4.79 Å². The van der Waals surface area contributed by atoms with E-state index in [1.165, 1.54) is 51.6 Å². The average molecular weight is 324 g/mol. The van der Waals surface area contributed by atoms with E-state index in [0.717, 1.165) is 51.4 Å². The topological polar surface area (TPSA) is 49.6 Å². The lowest BCUT2D eigenvalue weighted by Gasteiger charge is -2.39. The number of nitrogens with two attached hydrogens (primary N) is 1. The van der Waals surface area contributed by atoms with Gasteiger partial charge < -0.3 is 15.5 Å². The van der Waals surface area contributed by atoms with Gasteiger partial charge in [-0.25, -0.2) is 0 Å². The van der Waals surface area contributed by atoms with Crippen LogP contribution in [0.3, 0.4) is 0 Å². The summed E-state index contributed by atoms with van der Waals surface area (Å²) < 4.78 is 0. The van der Waals surface area contributed by atoms with Crippen molar-refractivity contribution in [3.8, 4) is 0 Å². The van der Waals surface area contributed by atoms with Crippen molar-refractivity contribution >= 4 is 5.91 Å². The van der Waals surface area contributed by atoms with Gasteiger partial charge in [0.15, 0.2) is 0 Å². The maximum absolute atomic E-state index is 12.4. The second kappa shape index (κ2) is 10.3. The molecule has 0 radical (unpaired) electrons. The summed E-state index contributed by atoms with van der Waals surface area (Å²) in [6, 6.07) is 0.734. The van der Waals surface area contributed by atoms with Crippen molar-refractivity contribution in [3.05, 3.63) is 0 Å². The third-order valence-corrected chi connectivity index (χ3v) is 5.65. The van der Waals surface area contributed by atoms with E-state index < -0.39 is 0 Å². The number of amides is 1. The highest BCUT2D eigenvalue weighted by Crippen LogP contribution is 2.23. The fourth-order valence-electron chi connectivity index (χ4n) is 4.13. The molecule has 2 aliphatic rings. The molecule has 2 N–H and O–H groups in total. The second-order valence-corrected chi connectivity index (χ2v) is 7.64. The molecule has 0 spiro atoms. The summed E-state index contributed by atoms with van der Waals surface area (Å²) in [5.74, 6) is 1.07. The lowest BCUT2D eigenvalue weighted by atomic mass is 9.94. The molecule has 4 heteroatoms. The van der Waals surface area contributed by atoms with Crippen LogP contribution in [0.4, 0.5) is 0 Å². The zero-order chi connectivity index (χ0) is 16.5. The molecular formula is C19H37N3O. The molecule has 0 saturated carbocycles. The van der Waals surface area contributed by atoms with Gasteiger partial charge in [0.05, 0.1) is 0 Å². The molecule has 2 rings (SSSR count). The average Bonchev–Trinajstić information content (AvgIpc) is 2.57. The van der Waals surface area contributed by atoms with Gasteiger partial charge >= 0.3 is 0 Å². The molecule has 23 heavy (non-hydrogen) atoms. The van der Waals surface area contributed by atoms with E-state index in [-0.39, 0.29) is 0 Å². The van der Waals surface area contributed by atoms with Crippen LogP contribution in [0.2, 0.25) is 0 Å². The van der Waals surface area contributed by atoms with Crippen LogP contribution in [-0.4, -0.2) is 54.5 Å². The third-order valence-electron chi connectivity index (χ3n) is 5.65. The molecule has 2 aliphatic heterocycles. The third kappa shape index (κ3) is 6.42. The molecule has 2 unspecified atom stereocenters. The Morgan fingerprint density at radius 2 is 1.87 bits per heavy atom. The van der Waals surface area contributed by atoms with Crippen LogP contribution in [0.1, 0.15) is 71.1 Å². The molecule has 134 valence electrons. The van der Waals surface area contributed by atoms with E-state index in [4.69, 9.17) is 5.73 Å². The number of nitrogens with zero attached hydrogens (tertiary/aromatic N) is 2. The van der Waals surface area contributed by atoms with Gasteiger partial charge in [-0.3, -0.25) is 4.79 Å². The maximum atomic E-state index is 12.4. The van der Waals surface area contributed by atoms with Gasteiger partial charge in [-0.1, -0.05) is 19.3 Å². The summed E-state index contributed by atoms with van der Waals surface area (Å²) in [5.41, 5.74) is 5.51. The Labute approximate surface area is 142 Å². The number of unbranched alkanes of at least 4 members (excludes halogenated alkanes) is 3. The molecule has 2 saturated heterocycles. The predicted octanol–water partition coefficient (Wildman–Crippen LogP) is 3.01. The Hall–Kier alpha value is -0.610. The minimum Gasteiger partial charge on any atom is -0.342 e. The first kappa shape index (κ1) is 18.7. The van der Waals surface area contributed by atoms with Crippen LogP contribution >= 0.6 is 0 Å². The normalized spacial score (nSPS) is 26.4. The van der Waals surface area contributed by atoms with Crippen molar-refractivity contribution < 1.29 is 4.79 Å². The Kier molecular flexibility index (Phi) is 8.38. The predicted molar refractivity (Wildman–Crippen MR) is 96.3 cm³/mol. The van der Waals surface area contributed by atoms with E-state index in [0.29, 0.717) is 11.8 Å². The number of rotatable bonds is 8. The molecule has 0 bridgehead atoms. The summed E-state index contributed by atoms with van der Waals surface area (Å²) in [7, 11) is 0. The lowest BCUT2D eigenvalue weighted by Crippen LogP contribution is -2.46. The summed E-state index contributed by atoms with van der Waals surface area (Å²) in [6.45, 7) is 7.57. The van der Waals surface area contributed by atoms with Crippen molar-refractivity contribution in [1.29, 1.82) is 0 Å². The van der Waals surface area contributed by atoms with E-state index >= 15 is 0 Å². The Balaban J connectivity index is 1.68. The largest absolute Gasteiger partial charge is 0.342 e.